The van der Waals surface area contributed by atoms with Crippen molar-refractivity contribution >= 4 is 22.6 Å². The van der Waals surface area contributed by atoms with E-state index in [4.69, 9.17) is 0 Å². The van der Waals surface area contributed by atoms with Gasteiger partial charge < -0.3 is 10.1 Å². The molecule has 2 rings (SSSR count). The highest BCUT2D eigenvalue weighted by atomic mass is 16.5. The van der Waals surface area contributed by atoms with E-state index in [1.165, 1.54) is 7.11 Å². The Kier molecular flexibility index (Phi) is 3.55. The Bertz CT molecular complexity index is 520. The number of rotatable bonds is 4. The number of aromatic nitrogens is 1. The van der Waals surface area contributed by atoms with Crippen LogP contribution in [0.3, 0.4) is 0 Å². The Morgan fingerprint density at radius 1 is 1.35 bits per heavy atom. The van der Waals surface area contributed by atoms with Crippen molar-refractivity contribution in [1.82, 2.24) is 4.98 Å². The molecule has 1 heterocycles. The molecule has 0 saturated carbocycles. The number of nitrogens with zero attached hydrogens (tertiary/aromatic N) is 1. The summed E-state index contributed by atoms with van der Waals surface area (Å²) in [4.78, 5) is 15.3. The highest BCUT2D eigenvalue weighted by Crippen LogP contribution is 2.20. The largest absolute Gasteiger partial charge is 0.469 e. The number of pyridine rings is 1. The van der Waals surface area contributed by atoms with Crippen LogP contribution in [-0.2, 0) is 9.53 Å². The average Bonchev–Trinajstić information content (AvgIpc) is 2.39. The number of hydrogen-bond acceptors (Lipinski definition) is 4. The van der Waals surface area contributed by atoms with Crippen LogP contribution in [0, 0.1) is 0 Å². The molecule has 0 aliphatic heterocycles. The van der Waals surface area contributed by atoms with Gasteiger partial charge in [-0.25, -0.2) is 0 Å². The molecule has 0 amide bonds. The number of para-hydroxylation sites is 1. The Labute approximate surface area is 99.6 Å². The number of hydrogen-bond donors (Lipinski definition) is 1. The van der Waals surface area contributed by atoms with Gasteiger partial charge in [0.2, 0.25) is 0 Å². The highest BCUT2D eigenvalue weighted by molar-refractivity contribution is 5.90. The third kappa shape index (κ3) is 2.72. The first-order valence-electron chi connectivity index (χ1n) is 5.45. The smallest absolute Gasteiger partial charge is 0.307 e. The van der Waals surface area contributed by atoms with E-state index in [0.717, 1.165) is 16.6 Å². The summed E-state index contributed by atoms with van der Waals surface area (Å²) in [6.45, 7) is 0.544. The van der Waals surface area contributed by atoms with Gasteiger partial charge in [-0.3, -0.25) is 9.78 Å². The van der Waals surface area contributed by atoms with Crippen LogP contribution < -0.4 is 5.32 Å². The second-order valence-electron chi connectivity index (χ2n) is 3.63. The minimum atomic E-state index is -0.217. The number of benzene rings is 1. The third-order valence-electron chi connectivity index (χ3n) is 2.50. The van der Waals surface area contributed by atoms with Gasteiger partial charge in [-0.1, -0.05) is 18.2 Å². The predicted octanol–water partition coefficient (Wildman–Crippen LogP) is 2.21. The molecule has 0 unspecified atom stereocenters. The second kappa shape index (κ2) is 5.30. The number of ether oxygens (including phenoxy) is 1. The Hall–Kier alpha value is -2.10. The van der Waals surface area contributed by atoms with Crippen molar-refractivity contribution in [3.05, 3.63) is 36.5 Å². The van der Waals surface area contributed by atoms with Gasteiger partial charge in [-0.15, -0.1) is 0 Å². The second-order valence-corrected chi connectivity index (χ2v) is 3.63. The van der Waals surface area contributed by atoms with Gasteiger partial charge >= 0.3 is 5.97 Å². The lowest BCUT2D eigenvalue weighted by Gasteiger charge is -2.08. The van der Waals surface area contributed by atoms with Crippen molar-refractivity contribution in [3.63, 3.8) is 0 Å². The first-order valence-corrected chi connectivity index (χ1v) is 5.45. The van der Waals surface area contributed by atoms with E-state index in [-0.39, 0.29) is 5.97 Å². The van der Waals surface area contributed by atoms with E-state index in [1.54, 1.807) is 6.20 Å². The zero-order valence-corrected chi connectivity index (χ0v) is 9.64. The Morgan fingerprint density at radius 3 is 3.00 bits per heavy atom. The Morgan fingerprint density at radius 2 is 2.18 bits per heavy atom. The summed E-state index contributed by atoms with van der Waals surface area (Å²) < 4.78 is 4.58. The zero-order valence-electron chi connectivity index (χ0n) is 9.64. The molecule has 0 fully saturated rings. The SMILES string of the molecule is COC(=O)CCNc1cccc2cccnc12. The van der Waals surface area contributed by atoms with Crippen molar-refractivity contribution in [2.75, 3.05) is 19.0 Å². The van der Waals surface area contributed by atoms with Gasteiger partial charge in [0.15, 0.2) is 0 Å². The van der Waals surface area contributed by atoms with Crippen molar-refractivity contribution in [2.24, 2.45) is 0 Å². The lowest BCUT2D eigenvalue weighted by Crippen LogP contribution is -2.09. The van der Waals surface area contributed by atoms with Crippen molar-refractivity contribution < 1.29 is 9.53 Å². The maximum Gasteiger partial charge on any atom is 0.307 e. The zero-order chi connectivity index (χ0) is 12.1. The van der Waals surface area contributed by atoms with E-state index >= 15 is 0 Å². The molecule has 17 heavy (non-hydrogen) atoms. The maximum atomic E-state index is 11.0. The fourth-order valence-corrected chi connectivity index (χ4v) is 1.65. The molecule has 0 bridgehead atoms. The third-order valence-corrected chi connectivity index (χ3v) is 2.50. The molecule has 0 spiro atoms. The minimum absolute atomic E-state index is 0.217. The number of fused-ring (bicyclic) bond motifs is 1. The summed E-state index contributed by atoms with van der Waals surface area (Å²) in [6, 6.07) is 9.83. The summed E-state index contributed by atoms with van der Waals surface area (Å²) >= 11 is 0. The van der Waals surface area contributed by atoms with E-state index in [2.05, 4.69) is 15.0 Å². The van der Waals surface area contributed by atoms with E-state index in [9.17, 15) is 4.79 Å². The van der Waals surface area contributed by atoms with Gasteiger partial charge in [0.1, 0.15) is 0 Å². The molecule has 0 aliphatic rings. The first-order chi connectivity index (χ1) is 8.31. The van der Waals surface area contributed by atoms with Crippen molar-refractivity contribution in [2.45, 2.75) is 6.42 Å². The van der Waals surface area contributed by atoms with Crippen molar-refractivity contribution in [3.8, 4) is 0 Å². The number of anilines is 1. The fourth-order valence-electron chi connectivity index (χ4n) is 1.65. The van der Waals surface area contributed by atoms with Crippen LogP contribution in [-0.4, -0.2) is 24.6 Å². The topological polar surface area (TPSA) is 51.2 Å². The summed E-state index contributed by atoms with van der Waals surface area (Å²) in [5.41, 5.74) is 1.85. The van der Waals surface area contributed by atoms with E-state index in [0.29, 0.717) is 13.0 Å². The van der Waals surface area contributed by atoms with Crippen LogP contribution >= 0.6 is 0 Å². The number of nitrogens with one attached hydrogen (secondary N) is 1. The average molecular weight is 230 g/mol. The molecule has 1 aromatic heterocycles. The number of carbonyl (C=O) groups is 1. The molecule has 4 nitrogen and oxygen atoms in total. The summed E-state index contributed by atoms with van der Waals surface area (Å²) in [6.07, 6.45) is 2.10. The molecule has 1 N–H and O–H groups in total. The lowest BCUT2D eigenvalue weighted by molar-refractivity contribution is -0.140. The normalized spacial score (nSPS) is 10.2. The van der Waals surface area contributed by atoms with Crippen LogP contribution in [0.4, 0.5) is 5.69 Å². The van der Waals surface area contributed by atoms with Gasteiger partial charge in [-0.2, -0.15) is 0 Å². The number of methoxy groups -OCH3 is 1. The summed E-state index contributed by atoms with van der Waals surface area (Å²) in [7, 11) is 1.39. The summed E-state index contributed by atoms with van der Waals surface area (Å²) in [5.74, 6) is -0.217. The standard InChI is InChI=1S/C13H14N2O2/c1-17-12(16)7-9-14-11-6-2-4-10-5-3-8-15-13(10)11/h2-6,8,14H,7,9H2,1H3. The molecule has 0 radical (unpaired) electrons. The molecular weight excluding hydrogens is 216 g/mol. The Balaban J connectivity index is 2.11. The molecular formula is C13H14N2O2. The predicted molar refractivity (Wildman–Crippen MR) is 66.9 cm³/mol. The van der Waals surface area contributed by atoms with Crippen molar-refractivity contribution in [1.29, 1.82) is 0 Å². The van der Waals surface area contributed by atoms with Gasteiger partial charge in [0, 0.05) is 18.1 Å². The quantitative estimate of drug-likeness (QED) is 0.818. The minimum Gasteiger partial charge on any atom is -0.469 e. The van der Waals surface area contributed by atoms with Crippen LogP contribution in [0.2, 0.25) is 0 Å². The monoisotopic (exact) mass is 230 g/mol. The summed E-state index contributed by atoms with van der Waals surface area (Å²) in [5, 5.41) is 4.27. The van der Waals surface area contributed by atoms with Crippen LogP contribution in [0.5, 0.6) is 0 Å². The number of esters is 1. The van der Waals surface area contributed by atoms with E-state index in [1.807, 2.05) is 30.3 Å². The molecule has 4 heteroatoms. The van der Waals surface area contributed by atoms with Gasteiger partial charge in [0.25, 0.3) is 0 Å². The maximum absolute atomic E-state index is 11.0. The highest BCUT2D eigenvalue weighted by Gasteiger charge is 2.02. The van der Waals surface area contributed by atoms with Crippen LogP contribution in [0.1, 0.15) is 6.42 Å². The molecule has 1 aromatic carbocycles. The number of carbonyl (C=O) groups excluding carboxylic acids is 1. The van der Waals surface area contributed by atoms with E-state index < -0.39 is 0 Å². The molecule has 88 valence electrons. The molecule has 2 aromatic rings. The first kappa shape index (κ1) is 11.4. The fraction of sp³-hybridized carbons (Fsp3) is 0.231. The van der Waals surface area contributed by atoms with Crippen LogP contribution in [0.15, 0.2) is 36.5 Å². The molecule has 0 atom stereocenters. The van der Waals surface area contributed by atoms with Crippen LogP contribution in [0.25, 0.3) is 10.9 Å². The lowest BCUT2D eigenvalue weighted by atomic mass is 10.2. The van der Waals surface area contributed by atoms with Gasteiger partial charge in [0.05, 0.1) is 24.7 Å². The van der Waals surface area contributed by atoms with Gasteiger partial charge in [-0.05, 0) is 12.1 Å². The molecule has 0 saturated heterocycles. The molecule has 0 aliphatic carbocycles.